The number of amides is 1. The number of fused-ring (bicyclic) bond motifs is 1. The van der Waals surface area contributed by atoms with Crippen molar-refractivity contribution < 1.29 is 10.0 Å². The molecule has 2 saturated heterocycles. The van der Waals surface area contributed by atoms with Crippen LogP contribution in [0.4, 0.5) is 5.95 Å². The fraction of sp³-hybridized carbons (Fsp3) is 0.381. The highest BCUT2D eigenvalue weighted by Gasteiger charge is 2.44. The topological polar surface area (TPSA) is 81.6 Å². The van der Waals surface area contributed by atoms with Crippen LogP contribution in [0.3, 0.4) is 0 Å². The van der Waals surface area contributed by atoms with Crippen LogP contribution in [0, 0.1) is 5.41 Å². The summed E-state index contributed by atoms with van der Waals surface area (Å²) in [6, 6.07) is 8.65. The maximum Gasteiger partial charge on any atom is 0.277 e. The summed E-state index contributed by atoms with van der Waals surface area (Å²) in [7, 11) is 0. The molecule has 1 aromatic carbocycles. The van der Waals surface area contributed by atoms with Gasteiger partial charge in [0.15, 0.2) is 0 Å². The summed E-state index contributed by atoms with van der Waals surface area (Å²) < 4.78 is 1.37. The number of anilines is 1. The largest absolute Gasteiger partial charge is 0.341 e. The molecule has 2 aliphatic heterocycles. The number of carbonyl (C=O) groups is 1. The van der Waals surface area contributed by atoms with Crippen molar-refractivity contribution >= 4 is 45.7 Å². The number of nitrogens with zero attached hydrogens (tertiary/aromatic N) is 4. The van der Waals surface area contributed by atoms with E-state index in [2.05, 4.69) is 49.4 Å². The van der Waals surface area contributed by atoms with E-state index in [4.69, 9.17) is 5.21 Å². The van der Waals surface area contributed by atoms with E-state index in [9.17, 15) is 4.79 Å². The molecule has 2 aliphatic rings. The van der Waals surface area contributed by atoms with Crippen molar-refractivity contribution in [2.45, 2.75) is 19.4 Å². The minimum atomic E-state index is -0.595. The summed E-state index contributed by atoms with van der Waals surface area (Å²) in [5.41, 5.74) is 3.71. The molecule has 4 heterocycles. The molecule has 5 rings (SSSR count). The van der Waals surface area contributed by atoms with Gasteiger partial charge in [-0.05, 0) is 40.7 Å². The van der Waals surface area contributed by atoms with Gasteiger partial charge in [0.2, 0.25) is 5.95 Å². The molecule has 0 atom stereocenters. The summed E-state index contributed by atoms with van der Waals surface area (Å²) in [5.74, 6) is 0.0531. The van der Waals surface area contributed by atoms with Crippen LogP contribution in [0.5, 0.6) is 0 Å². The van der Waals surface area contributed by atoms with Crippen LogP contribution in [0.25, 0.3) is 10.1 Å². The lowest BCUT2D eigenvalue weighted by Crippen LogP contribution is -2.59. The Balaban J connectivity index is 0.00000218. The molecule has 1 amide bonds. The van der Waals surface area contributed by atoms with Crippen LogP contribution >= 0.6 is 23.7 Å². The number of hydroxylamine groups is 1. The average molecular weight is 446 g/mol. The maximum atomic E-state index is 11.4. The molecule has 0 aliphatic carbocycles. The van der Waals surface area contributed by atoms with Crippen LogP contribution in [-0.4, -0.2) is 52.2 Å². The smallest absolute Gasteiger partial charge is 0.277 e. The standard InChI is InChI=1S/C21H23N5O2S.ClH/c27-19(24-28)15-9-22-20(23-10-15)26-7-5-21(6-8-26)13-25(14-21)11-16-12-29-18-4-2-1-3-17(16)18;/h1-4,9-10,12,28H,5-8,11,13-14H2,(H,24,27);1H. The molecule has 30 heavy (non-hydrogen) atoms. The molecular weight excluding hydrogens is 422 g/mol. The Morgan fingerprint density at radius 2 is 1.87 bits per heavy atom. The molecule has 158 valence electrons. The normalized spacial score (nSPS) is 18.1. The second kappa shape index (κ2) is 8.47. The number of piperidine rings is 1. The Hall–Kier alpha value is -2.26. The van der Waals surface area contributed by atoms with Crippen molar-refractivity contribution in [2.24, 2.45) is 5.41 Å². The van der Waals surface area contributed by atoms with Gasteiger partial charge < -0.3 is 4.90 Å². The fourth-order valence-corrected chi connectivity index (χ4v) is 5.53. The second-order valence-corrected chi connectivity index (χ2v) is 9.01. The zero-order valence-corrected chi connectivity index (χ0v) is 18.1. The van der Waals surface area contributed by atoms with Gasteiger partial charge in [0, 0.05) is 49.8 Å². The first-order valence-electron chi connectivity index (χ1n) is 9.85. The van der Waals surface area contributed by atoms with Gasteiger partial charge in [-0.3, -0.25) is 14.9 Å². The van der Waals surface area contributed by atoms with Gasteiger partial charge >= 0.3 is 0 Å². The molecule has 0 saturated carbocycles. The highest BCUT2D eigenvalue weighted by Crippen LogP contribution is 2.42. The van der Waals surface area contributed by atoms with Gasteiger partial charge in [-0.25, -0.2) is 15.4 Å². The van der Waals surface area contributed by atoms with E-state index >= 15 is 0 Å². The number of carbonyl (C=O) groups excluding carboxylic acids is 1. The predicted molar refractivity (Wildman–Crippen MR) is 120 cm³/mol. The van der Waals surface area contributed by atoms with Crippen LogP contribution in [0.2, 0.25) is 0 Å². The van der Waals surface area contributed by atoms with Crippen molar-refractivity contribution in [3.63, 3.8) is 0 Å². The zero-order valence-electron chi connectivity index (χ0n) is 16.5. The fourth-order valence-electron chi connectivity index (χ4n) is 4.57. The third-order valence-electron chi connectivity index (χ3n) is 6.18. The zero-order chi connectivity index (χ0) is 19.8. The lowest BCUT2D eigenvalue weighted by Gasteiger charge is -2.54. The summed E-state index contributed by atoms with van der Waals surface area (Å²) in [5, 5.41) is 12.4. The number of nitrogens with one attached hydrogen (secondary N) is 1. The molecule has 2 fully saturated rings. The number of halogens is 1. The maximum absolute atomic E-state index is 11.4. The first kappa shape index (κ1) is 21.0. The lowest BCUT2D eigenvalue weighted by atomic mass is 9.72. The van der Waals surface area contributed by atoms with Crippen molar-refractivity contribution in [1.29, 1.82) is 0 Å². The van der Waals surface area contributed by atoms with E-state index in [0.717, 1.165) is 45.6 Å². The molecule has 0 unspecified atom stereocenters. The van der Waals surface area contributed by atoms with E-state index in [1.54, 1.807) is 5.48 Å². The van der Waals surface area contributed by atoms with Crippen molar-refractivity contribution in [3.05, 3.63) is 53.2 Å². The first-order chi connectivity index (χ1) is 14.2. The number of hydrogen-bond donors (Lipinski definition) is 2. The van der Waals surface area contributed by atoms with E-state index in [1.165, 1.54) is 28.0 Å². The van der Waals surface area contributed by atoms with Gasteiger partial charge in [0.05, 0.1) is 5.56 Å². The molecule has 9 heteroatoms. The van der Waals surface area contributed by atoms with Crippen LogP contribution in [-0.2, 0) is 6.54 Å². The molecule has 0 bridgehead atoms. The van der Waals surface area contributed by atoms with Crippen molar-refractivity contribution in [1.82, 2.24) is 20.3 Å². The predicted octanol–water partition coefficient (Wildman–Crippen LogP) is 3.33. The molecule has 0 radical (unpaired) electrons. The van der Waals surface area contributed by atoms with Gasteiger partial charge in [-0.2, -0.15) is 0 Å². The van der Waals surface area contributed by atoms with Crippen LogP contribution < -0.4 is 10.4 Å². The van der Waals surface area contributed by atoms with E-state index in [1.807, 2.05) is 11.3 Å². The Labute approximate surface area is 185 Å². The monoisotopic (exact) mass is 445 g/mol. The average Bonchev–Trinajstić information content (AvgIpc) is 3.16. The Bertz CT molecular complexity index is 1030. The third kappa shape index (κ3) is 3.88. The summed E-state index contributed by atoms with van der Waals surface area (Å²) >= 11 is 1.83. The number of hydrogen-bond acceptors (Lipinski definition) is 7. The quantitative estimate of drug-likeness (QED) is 0.473. The minimum absolute atomic E-state index is 0. The number of benzene rings is 1. The Kier molecular flexibility index (Phi) is 5.92. The molecule has 2 aromatic heterocycles. The Morgan fingerprint density at radius 3 is 2.57 bits per heavy atom. The van der Waals surface area contributed by atoms with Gasteiger partial charge in [0.1, 0.15) is 0 Å². The van der Waals surface area contributed by atoms with Gasteiger partial charge in [-0.15, -0.1) is 23.7 Å². The lowest BCUT2D eigenvalue weighted by molar-refractivity contribution is -0.0238. The summed E-state index contributed by atoms with van der Waals surface area (Å²) in [4.78, 5) is 24.7. The SMILES string of the molecule is Cl.O=C(NO)c1cnc(N2CCC3(CC2)CN(Cc2csc4ccccc24)C3)nc1. The van der Waals surface area contributed by atoms with E-state index in [0.29, 0.717) is 11.4 Å². The molecule has 7 nitrogen and oxygen atoms in total. The van der Waals surface area contributed by atoms with Crippen LogP contribution in [0.15, 0.2) is 42.0 Å². The second-order valence-electron chi connectivity index (χ2n) is 8.10. The first-order valence-corrected chi connectivity index (χ1v) is 10.7. The van der Waals surface area contributed by atoms with Gasteiger partial charge in [0.25, 0.3) is 5.91 Å². The number of rotatable bonds is 4. The number of aromatic nitrogens is 2. The Morgan fingerprint density at radius 1 is 1.17 bits per heavy atom. The molecule has 2 N–H and O–H groups in total. The summed E-state index contributed by atoms with van der Waals surface area (Å²) in [6.07, 6.45) is 5.18. The van der Waals surface area contributed by atoms with Crippen molar-refractivity contribution in [3.8, 4) is 0 Å². The highest BCUT2D eigenvalue weighted by molar-refractivity contribution is 7.17. The number of likely N-dealkylation sites (tertiary alicyclic amines) is 1. The van der Waals surface area contributed by atoms with Gasteiger partial charge in [-0.1, -0.05) is 18.2 Å². The highest BCUT2D eigenvalue weighted by atomic mass is 35.5. The van der Waals surface area contributed by atoms with Crippen molar-refractivity contribution in [2.75, 3.05) is 31.1 Å². The third-order valence-corrected chi connectivity index (χ3v) is 7.19. The number of thiophene rings is 1. The molecule has 3 aromatic rings. The van der Waals surface area contributed by atoms with Crippen LogP contribution in [0.1, 0.15) is 28.8 Å². The molecule has 1 spiro atoms. The van der Waals surface area contributed by atoms with E-state index in [-0.39, 0.29) is 18.0 Å². The summed E-state index contributed by atoms with van der Waals surface area (Å²) in [6.45, 7) is 5.21. The minimum Gasteiger partial charge on any atom is -0.341 e. The molecular formula is C21H24ClN5O2S. The van der Waals surface area contributed by atoms with E-state index < -0.39 is 5.91 Å².